The maximum absolute atomic E-state index is 11.5. The molecule has 0 fully saturated rings. The van der Waals surface area contributed by atoms with Gasteiger partial charge in [0.15, 0.2) is 0 Å². The molecule has 1 amide bonds. The molecule has 15 heavy (non-hydrogen) atoms. The Balaban J connectivity index is 2.35. The summed E-state index contributed by atoms with van der Waals surface area (Å²) in [6.45, 7) is 5.95. The van der Waals surface area contributed by atoms with Crippen molar-refractivity contribution in [3.63, 3.8) is 0 Å². The molecule has 0 atom stereocenters. The molecule has 0 spiro atoms. The summed E-state index contributed by atoms with van der Waals surface area (Å²) in [5, 5.41) is 2.93. The molecule has 82 valence electrons. The lowest BCUT2D eigenvalue weighted by molar-refractivity contribution is -0.122. The third-order valence-electron chi connectivity index (χ3n) is 1.90. The number of carbonyl (C=O) groups is 1. The quantitative estimate of drug-likeness (QED) is 0.821. The average Bonchev–Trinajstić information content (AvgIpc) is 2.14. The van der Waals surface area contributed by atoms with Gasteiger partial charge in [-0.15, -0.1) is 0 Å². The lowest BCUT2D eigenvalue weighted by Crippen LogP contribution is -2.40. The van der Waals surface area contributed by atoms with Gasteiger partial charge < -0.3 is 5.32 Å². The maximum Gasteiger partial charge on any atom is 0.220 e. The van der Waals surface area contributed by atoms with Gasteiger partial charge in [0, 0.05) is 24.4 Å². The predicted octanol–water partition coefficient (Wildman–Crippen LogP) is 1.93. The molecule has 0 bridgehead atoms. The molecule has 3 nitrogen and oxygen atoms in total. The SMILES string of the molecule is CC(C)(C)NC(=O)CCc1ccncc1. The van der Waals surface area contributed by atoms with Gasteiger partial charge in [0.25, 0.3) is 0 Å². The lowest BCUT2D eigenvalue weighted by atomic mass is 10.1. The van der Waals surface area contributed by atoms with Crippen molar-refractivity contribution in [2.45, 2.75) is 39.2 Å². The first-order valence-corrected chi connectivity index (χ1v) is 5.17. The first-order chi connectivity index (χ1) is 6.97. The zero-order chi connectivity index (χ0) is 11.3. The Hall–Kier alpha value is -1.38. The fourth-order valence-electron chi connectivity index (χ4n) is 1.29. The van der Waals surface area contributed by atoms with Gasteiger partial charge in [-0.25, -0.2) is 0 Å². The normalized spacial score (nSPS) is 11.1. The summed E-state index contributed by atoms with van der Waals surface area (Å²) >= 11 is 0. The van der Waals surface area contributed by atoms with E-state index in [0.29, 0.717) is 6.42 Å². The molecular weight excluding hydrogens is 188 g/mol. The van der Waals surface area contributed by atoms with E-state index in [-0.39, 0.29) is 11.4 Å². The number of nitrogens with zero attached hydrogens (tertiary/aromatic N) is 1. The van der Waals surface area contributed by atoms with Gasteiger partial charge >= 0.3 is 0 Å². The maximum atomic E-state index is 11.5. The predicted molar refractivity (Wildman–Crippen MR) is 60.5 cm³/mol. The summed E-state index contributed by atoms with van der Waals surface area (Å²) in [5.41, 5.74) is 1.00. The van der Waals surface area contributed by atoms with Crippen molar-refractivity contribution in [2.75, 3.05) is 0 Å². The highest BCUT2D eigenvalue weighted by Crippen LogP contribution is 2.03. The van der Waals surface area contributed by atoms with Crippen LogP contribution in [-0.4, -0.2) is 16.4 Å². The standard InChI is InChI=1S/C12H18N2O/c1-12(2,3)14-11(15)5-4-10-6-8-13-9-7-10/h6-9H,4-5H2,1-3H3,(H,14,15). The topological polar surface area (TPSA) is 42.0 Å². The summed E-state index contributed by atoms with van der Waals surface area (Å²) in [5.74, 6) is 0.0966. The Morgan fingerprint density at radius 3 is 2.47 bits per heavy atom. The summed E-state index contributed by atoms with van der Waals surface area (Å²) in [6.07, 6.45) is 4.79. The molecule has 0 radical (unpaired) electrons. The van der Waals surface area contributed by atoms with Crippen molar-refractivity contribution in [1.82, 2.24) is 10.3 Å². The molecule has 0 aromatic carbocycles. The average molecular weight is 206 g/mol. The van der Waals surface area contributed by atoms with Crippen LogP contribution in [0.1, 0.15) is 32.8 Å². The van der Waals surface area contributed by atoms with E-state index in [1.165, 1.54) is 0 Å². The van der Waals surface area contributed by atoms with E-state index in [4.69, 9.17) is 0 Å². The van der Waals surface area contributed by atoms with E-state index >= 15 is 0 Å². The zero-order valence-corrected chi connectivity index (χ0v) is 9.58. The molecule has 0 aliphatic heterocycles. The molecule has 1 rings (SSSR count). The molecule has 1 heterocycles. The number of carbonyl (C=O) groups excluding carboxylic acids is 1. The van der Waals surface area contributed by atoms with E-state index < -0.39 is 0 Å². The fourth-order valence-corrected chi connectivity index (χ4v) is 1.29. The Morgan fingerprint density at radius 2 is 1.93 bits per heavy atom. The first-order valence-electron chi connectivity index (χ1n) is 5.17. The number of nitrogens with one attached hydrogen (secondary N) is 1. The monoisotopic (exact) mass is 206 g/mol. The van der Waals surface area contributed by atoms with E-state index in [2.05, 4.69) is 10.3 Å². The van der Waals surface area contributed by atoms with Crippen LogP contribution in [0.5, 0.6) is 0 Å². The van der Waals surface area contributed by atoms with Crippen LogP contribution in [0.15, 0.2) is 24.5 Å². The van der Waals surface area contributed by atoms with Gasteiger partial charge in [-0.2, -0.15) is 0 Å². The van der Waals surface area contributed by atoms with Gasteiger partial charge in [-0.3, -0.25) is 9.78 Å². The van der Waals surface area contributed by atoms with Crippen LogP contribution >= 0.6 is 0 Å². The minimum absolute atomic E-state index is 0.0966. The second-order valence-electron chi connectivity index (χ2n) is 4.65. The van der Waals surface area contributed by atoms with Crippen LogP contribution in [0.4, 0.5) is 0 Å². The van der Waals surface area contributed by atoms with Crippen molar-refractivity contribution < 1.29 is 4.79 Å². The summed E-state index contributed by atoms with van der Waals surface area (Å²) in [7, 11) is 0. The fraction of sp³-hybridized carbons (Fsp3) is 0.500. The van der Waals surface area contributed by atoms with Gasteiger partial charge in [0.1, 0.15) is 0 Å². The number of hydrogen-bond acceptors (Lipinski definition) is 2. The van der Waals surface area contributed by atoms with Crippen molar-refractivity contribution >= 4 is 5.91 Å². The number of pyridine rings is 1. The van der Waals surface area contributed by atoms with Gasteiger partial charge in [0.05, 0.1) is 0 Å². The molecule has 0 unspecified atom stereocenters. The van der Waals surface area contributed by atoms with Crippen LogP contribution in [0.25, 0.3) is 0 Å². The van der Waals surface area contributed by atoms with E-state index in [0.717, 1.165) is 12.0 Å². The van der Waals surface area contributed by atoms with Crippen LogP contribution < -0.4 is 5.32 Å². The highest BCUT2D eigenvalue weighted by molar-refractivity contribution is 5.76. The van der Waals surface area contributed by atoms with Crippen LogP contribution in [0, 0.1) is 0 Å². The number of amides is 1. The van der Waals surface area contributed by atoms with E-state index in [1.54, 1.807) is 12.4 Å². The molecular formula is C12H18N2O. The number of aromatic nitrogens is 1. The Bertz CT molecular complexity index is 314. The van der Waals surface area contributed by atoms with Gasteiger partial charge in [-0.1, -0.05) is 0 Å². The Morgan fingerprint density at radius 1 is 1.33 bits per heavy atom. The van der Waals surface area contributed by atoms with E-state index in [1.807, 2.05) is 32.9 Å². The molecule has 0 aliphatic carbocycles. The number of rotatable bonds is 3. The number of hydrogen-bond donors (Lipinski definition) is 1. The molecule has 0 saturated heterocycles. The molecule has 0 aliphatic rings. The van der Waals surface area contributed by atoms with E-state index in [9.17, 15) is 4.79 Å². The minimum Gasteiger partial charge on any atom is -0.351 e. The molecule has 0 saturated carbocycles. The summed E-state index contributed by atoms with van der Waals surface area (Å²) in [4.78, 5) is 15.4. The van der Waals surface area contributed by atoms with Crippen LogP contribution in [-0.2, 0) is 11.2 Å². The smallest absolute Gasteiger partial charge is 0.220 e. The summed E-state index contributed by atoms with van der Waals surface area (Å²) in [6, 6.07) is 3.87. The highest BCUT2D eigenvalue weighted by atomic mass is 16.1. The first kappa shape index (κ1) is 11.7. The van der Waals surface area contributed by atoms with Gasteiger partial charge in [-0.05, 0) is 44.9 Å². The number of aryl methyl sites for hydroxylation is 1. The Labute approximate surface area is 90.9 Å². The molecule has 1 N–H and O–H groups in total. The molecule has 1 aromatic rings. The van der Waals surface area contributed by atoms with Gasteiger partial charge in [0.2, 0.25) is 5.91 Å². The van der Waals surface area contributed by atoms with Crippen LogP contribution in [0.2, 0.25) is 0 Å². The summed E-state index contributed by atoms with van der Waals surface area (Å²) < 4.78 is 0. The van der Waals surface area contributed by atoms with Crippen molar-refractivity contribution in [2.24, 2.45) is 0 Å². The van der Waals surface area contributed by atoms with Crippen molar-refractivity contribution in [1.29, 1.82) is 0 Å². The van der Waals surface area contributed by atoms with Crippen LogP contribution in [0.3, 0.4) is 0 Å². The molecule has 3 heteroatoms. The second kappa shape index (κ2) is 4.91. The third kappa shape index (κ3) is 5.15. The van der Waals surface area contributed by atoms with Crippen molar-refractivity contribution in [3.05, 3.63) is 30.1 Å². The Kier molecular flexibility index (Phi) is 3.83. The third-order valence-corrected chi connectivity index (χ3v) is 1.90. The zero-order valence-electron chi connectivity index (χ0n) is 9.58. The minimum atomic E-state index is -0.144. The second-order valence-corrected chi connectivity index (χ2v) is 4.65. The molecule has 1 aromatic heterocycles. The largest absolute Gasteiger partial charge is 0.351 e. The lowest BCUT2D eigenvalue weighted by Gasteiger charge is -2.20. The highest BCUT2D eigenvalue weighted by Gasteiger charge is 2.12. The van der Waals surface area contributed by atoms with Crippen molar-refractivity contribution in [3.8, 4) is 0 Å².